The SMILES string of the molecule is CC(Oc1ccccc1OC1CCCCO1)C(=O)C(C#N)c1ccc(Cl)c(Cl)c1. The molecule has 7 heteroatoms. The van der Waals surface area contributed by atoms with Crippen LogP contribution < -0.4 is 9.47 Å². The average molecular weight is 434 g/mol. The first-order valence-electron chi connectivity index (χ1n) is 9.42. The van der Waals surface area contributed by atoms with Gasteiger partial charge in [-0.3, -0.25) is 4.79 Å². The lowest BCUT2D eigenvalue weighted by Gasteiger charge is -2.25. The van der Waals surface area contributed by atoms with Crippen molar-refractivity contribution < 1.29 is 19.0 Å². The molecular formula is C22H21Cl2NO4. The third kappa shape index (κ3) is 5.42. The molecule has 0 aromatic heterocycles. The number of carbonyl (C=O) groups is 1. The van der Waals surface area contributed by atoms with Crippen LogP contribution in [-0.4, -0.2) is 24.8 Å². The molecule has 0 aliphatic carbocycles. The Labute approximate surface area is 180 Å². The van der Waals surface area contributed by atoms with Crippen molar-refractivity contribution >= 4 is 29.0 Å². The van der Waals surface area contributed by atoms with Gasteiger partial charge in [0, 0.05) is 6.42 Å². The Morgan fingerprint density at radius 2 is 1.93 bits per heavy atom. The van der Waals surface area contributed by atoms with Crippen molar-refractivity contribution in [2.24, 2.45) is 0 Å². The van der Waals surface area contributed by atoms with Crippen molar-refractivity contribution in [3.8, 4) is 17.6 Å². The van der Waals surface area contributed by atoms with Crippen LogP contribution in [0.15, 0.2) is 42.5 Å². The molecule has 1 fully saturated rings. The van der Waals surface area contributed by atoms with E-state index in [0.717, 1.165) is 19.3 Å². The van der Waals surface area contributed by atoms with E-state index < -0.39 is 12.0 Å². The number of halogens is 2. The standard InChI is InChI=1S/C22H21Cl2NO4/c1-14(22(26)16(13-25)15-9-10-17(23)18(24)12-15)28-19-6-2-3-7-20(19)29-21-8-4-5-11-27-21/h2-3,6-7,9-10,12,14,16,21H,4-5,8,11H2,1H3. The third-order valence-electron chi connectivity index (χ3n) is 4.64. The van der Waals surface area contributed by atoms with Crippen LogP contribution in [0.25, 0.3) is 0 Å². The predicted octanol–water partition coefficient (Wildman–Crippen LogP) is 5.54. The van der Waals surface area contributed by atoms with Crippen molar-refractivity contribution in [2.45, 2.75) is 44.5 Å². The van der Waals surface area contributed by atoms with Crippen LogP contribution in [0.3, 0.4) is 0 Å². The number of nitriles is 1. The van der Waals surface area contributed by atoms with E-state index in [2.05, 4.69) is 0 Å². The number of hydrogen-bond donors (Lipinski definition) is 0. The number of para-hydroxylation sites is 2. The second-order valence-corrected chi connectivity index (χ2v) is 7.57. The number of carbonyl (C=O) groups excluding carboxylic acids is 1. The van der Waals surface area contributed by atoms with Gasteiger partial charge in [-0.1, -0.05) is 41.4 Å². The summed E-state index contributed by atoms with van der Waals surface area (Å²) in [5, 5.41) is 10.2. The van der Waals surface area contributed by atoms with E-state index in [0.29, 0.717) is 28.7 Å². The molecule has 1 saturated heterocycles. The molecule has 0 amide bonds. The van der Waals surface area contributed by atoms with Crippen LogP contribution in [0.2, 0.25) is 10.0 Å². The maximum atomic E-state index is 12.9. The fourth-order valence-electron chi connectivity index (χ4n) is 3.07. The monoisotopic (exact) mass is 433 g/mol. The average Bonchev–Trinajstić information content (AvgIpc) is 2.73. The molecule has 0 saturated carbocycles. The molecule has 29 heavy (non-hydrogen) atoms. The van der Waals surface area contributed by atoms with Gasteiger partial charge >= 0.3 is 0 Å². The first kappa shape index (κ1) is 21.4. The van der Waals surface area contributed by atoms with Gasteiger partial charge in [-0.25, -0.2) is 0 Å². The lowest BCUT2D eigenvalue weighted by atomic mass is 9.93. The van der Waals surface area contributed by atoms with Crippen molar-refractivity contribution in [3.05, 3.63) is 58.1 Å². The largest absolute Gasteiger partial charge is 0.479 e. The van der Waals surface area contributed by atoms with E-state index >= 15 is 0 Å². The van der Waals surface area contributed by atoms with Crippen LogP contribution in [-0.2, 0) is 9.53 Å². The Morgan fingerprint density at radius 1 is 1.17 bits per heavy atom. The Balaban J connectivity index is 1.73. The second kappa shape index (κ2) is 9.98. The maximum Gasteiger partial charge on any atom is 0.200 e. The van der Waals surface area contributed by atoms with Crippen molar-refractivity contribution in [3.63, 3.8) is 0 Å². The van der Waals surface area contributed by atoms with Crippen LogP contribution in [0.4, 0.5) is 0 Å². The van der Waals surface area contributed by atoms with Crippen LogP contribution in [0.1, 0.15) is 37.7 Å². The molecular weight excluding hydrogens is 413 g/mol. The highest BCUT2D eigenvalue weighted by Crippen LogP contribution is 2.32. The first-order valence-corrected chi connectivity index (χ1v) is 10.2. The summed E-state index contributed by atoms with van der Waals surface area (Å²) < 4.78 is 17.4. The number of ketones is 1. The number of rotatable bonds is 7. The van der Waals surface area contributed by atoms with Crippen LogP contribution in [0, 0.1) is 11.3 Å². The molecule has 2 aromatic rings. The van der Waals surface area contributed by atoms with Gasteiger partial charge in [0.15, 0.2) is 29.7 Å². The van der Waals surface area contributed by atoms with Gasteiger partial charge < -0.3 is 14.2 Å². The molecule has 2 aromatic carbocycles. The third-order valence-corrected chi connectivity index (χ3v) is 5.38. The van der Waals surface area contributed by atoms with Gasteiger partial charge in [0.1, 0.15) is 5.92 Å². The van der Waals surface area contributed by atoms with Gasteiger partial charge in [-0.05, 0) is 49.6 Å². The zero-order chi connectivity index (χ0) is 20.8. The Kier molecular flexibility index (Phi) is 7.38. The van der Waals surface area contributed by atoms with E-state index in [-0.39, 0.29) is 17.1 Å². The summed E-state index contributed by atoms with van der Waals surface area (Å²) in [6.45, 7) is 2.27. The number of benzene rings is 2. The summed E-state index contributed by atoms with van der Waals surface area (Å²) in [4.78, 5) is 12.9. The molecule has 1 aliphatic rings. The number of Topliss-reactive ketones (excluding diaryl/α,β-unsaturated/α-hetero) is 1. The second-order valence-electron chi connectivity index (χ2n) is 6.76. The molecule has 3 rings (SSSR count). The van der Waals surface area contributed by atoms with Gasteiger partial charge in [-0.15, -0.1) is 0 Å². The van der Waals surface area contributed by atoms with Gasteiger partial charge in [0.25, 0.3) is 0 Å². The highest BCUT2D eigenvalue weighted by atomic mass is 35.5. The first-order chi connectivity index (χ1) is 14.0. The van der Waals surface area contributed by atoms with Crippen molar-refractivity contribution in [1.82, 2.24) is 0 Å². The van der Waals surface area contributed by atoms with Crippen LogP contribution in [0.5, 0.6) is 11.5 Å². The van der Waals surface area contributed by atoms with E-state index in [4.69, 9.17) is 37.4 Å². The summed E-state index contributed by atoms with van der Waals surface area (Å²) in [5.41, 5.74) is 0.475. The normalized spacial score (nSPS) is 18.3. The molecule has 5 nitrogen and oxygen atoms in total. The van der Waals surface area contributed by atoms with Crippen molar-refractivity contribution in [2.75, 3.05) is 6.61 Å². The zero-order valence-corrected chi connectivity index (χ0v) is 17.4. The molecule has 0 spiro atoms. The molecule has 3 unspecified atom stereocenters. The van der Waals surface area contributed by atoms with Gasteiger partial charge in [0.2, 0.25) is 0 Å². The highest BCUT2D eigenvalue weighted by molar-refractivity contribution is 6.42. The molecule has 3 atom stereocenters. The number of hydrogen-bond acceptors (Lipinski definition) is 5. The summed E-state index contributed by atoms with van der Waals surface area (Å²) in [6.07, 6.45) is 1.66. The Bertz CT molecular complexity index is 906. The summed E-state index contributed by atoms with van der Waals surface area (Å²) in [5.74, 6) is -0.473. The van der Waals surface area contributed by atoms with E-state index in [9.17, 15) is 10.1 Å². The molecule has 0 radical (unpaired) electrons. The lowest BCUT2D eigenvalue weighted by Crippen LogP contribution is -2.29. The smallest absolute Gasteiger partial charge is 0.200 e. The fourth-order valence-corrected chi connectivity index (χ4v) is 3.37. The molecule has 152 valence electrons. The van der Waals surface area contributed by atoms with Crippen LogP contribution >= 0.6 is 23.2 Å². The summed E-state index contributed by atoms with van der Waals surface area (Å²) in [6, 6.07) is 13.8. The summed E-state index contributed by atoms with van der Waals surface area (Å²) in [7, 11) is 0. The van der Waals surface area contributed by atoms with E-state index in [1.54, 1.807) is 37.3 Å². The zero-order valence-electron chi connectivity index (χ0n) is 15.9. The molecule has 1 aliphatic heterocycles. The Morgan fingerprint density at radius 3 is 2.59 bits per heavy atom. The van der Waals surface area contributed by atoms with E-state index in [1.807, 2.05) is 12.1 Å². The fraction of sp³-hybridized carbons (Fsp3) is 0.364. The lowest BCUT2D eigenvalue weighted by molar-refractivity contribution is -0.125. The Hall–Kier alpha value is -2.26. The number of ether oxygens (including phenoxy) is 3. The highest BCUT2D eigenvalue weighted by Gasteiger charge is 2.28. The maximum absolute atomic E-state index is 12.9. The summed E-state index contributed by atoms with van der Waals surface area (Å²) >= 11 is 12.0. The molecule has 0 bridgehead atoms. The van der Waals surface area contributed by atoms with Crippen molar-refractivity contribution in [1.29, 1.82) is 5.26 Å². The minimum absolute atomic E-state index is 0.289. The quantitative estimate of drug-likeness (QED) is 0.572. The van der Waals surface area contributed by atoms with E-state index in [1.165, 1.54) is 6.07 Å². The molecule has 0 N–H and O–H groups in total. The minimum atomic E-state index is -1.02. The minimum Gasteiger partial charge on any atom is -0.479 e. The number of nitrogens with zero attached hydrogens (tertiary/aromatic N) is 1. The van der Waals surface area contributed by atoms with Gasteiger partial charge in [0.05, 0.1) is 22.7 Å². The topological polar surface area (TPSA) is 68.6 Å². The van der Waals surface area contributed by atoms with Gasteiger partial charge in [-0.2, -0.15) is 5.26 Å². The molecule has 1 heterocycles. The predicted molar refractivity (Wildman–Crippen MR) is 111 cm³/mol.